The van der Waals surface area contributed by atoms with Gasteiger partial charge in [-0.2, -0.15) is 0 Å². The second-order valence-corrected chi connectivity index (χ2v) is 17.0. The first-order valence-electron chi connectivity index (χ1n) is 22.9. The molecule has 0 bridgehead atoms. The standard InChI is InChI=1S/C42H77N13O13/c1-6-23(4)33(55-34(60)24(5)45)40(66)52-28(15-16-31(56)57)38(64)49-25(12-7-9-17-43)35(61)50-27(14-11-19-48-42(46)47)36(62)53-29(20-22(2)3)39(65)51-26(13-8-10-18-44)37(63)54-30(41(67)68)21-32(58)59/h22-30,33H,6-21,43-45H2,1-5H3,(H,49,64)(H,50,61)(H,51,65)(H,52,66)(H,53,62)(H,54,63)(H,55,60)(H,56,57)(H,58,59)(H,67,68)(H4,46,47,48)/t23-,24-,25-,26-,27-,28-,29-,30-,33-/m0/s1. The zero-order valence-corrected chi connectivity index (χ0v) is 39.8. The van der Waals surface area contributed by atoms with Gasteiger partial charge in [0.1, 0.15) is 42.3 Å². The number of carboxylic acid groups (broad SMARTS) is 3. The van der Waals surface area contributed by atoms with Crippen LogP contribution in [0.3, 0.4) is 0 Å². The van der Waals surface area contributed by atoms with Gasteiger partial charge in [-0.25, -0.2) is 4.79 Å². The number of aliphatic carboxylic acids is 3. The molecule has 0 aromatic heterocycles. The van der Waals surface area contributed by atoms with Crippen molar-refractivity contribution in [3.8, 4) is 0 Å². The van der Waals surface area contributed by atoms with Gasteiger partial charge >= 0.3 is 17.9 Å². The maximum atomic E-state index is 14.2. The van der Waals surface area contributed by atoms with Crippen molar-refractivity contribution < 1.29 is 63.3 Å². The number of nitrogens with two attached hydrogens (primary N) is 5. The highest BCUT2D eigenvalue weighted by Crippen LogP contribution is 2.13. The molecule has 0 heterocycles. The first kappa shape index (κ1) is 61.8. The van der Waals surface area contributed by atoms with E-state index < -0.39 is 133 Å². The third kappa shape index (κ3) is 25.7. The summed E-state index contributed by atoms with van der Waals surface area (Å²) in [5, 5.41) is 45.7. The summed E-state index contributed by atoms with van der Waals surface area (Å²) in [5.41, 5.74) is 28.0. The fourth-order valence-electron chi connectivity index (χ4n) is 6.52. The van der Waals surface area contributed by atoms with Crippen LogP contribution in [0.2, 0.25) is 0 Å². The molecule has 20 N–H and O–H groups in total. The predicted molar refractivity (Wildman–Crippen MR) is 249 cm³/mol. The highest BCUT2D eigenvalue weighted by atomic mass is 16.4. The van der Waals surface area contributed by atoms with E-state index in [2.05, 4.69) is 42.2 Å². The topological polar surface area (TPSA) is 458 Å². The van der Waals surface area contributed by atoms with Gasteiger partial charge in [0.2, 0.25) is 41.4 Å². The molecule has 0 aliphatic carbocycles. The second-order valence-electron chi connectivity index (χ2n) is 17.0. The van der Waals surface area contributed by atoms with Crippen molar-refractivity contribution >= 4 is 65.2 Å². The van der Waals surface area contributed by atoms with Crippen molar-refractivity contribution in [3.63, 3.8) is 0 Å². The van der Waals surface area contributed by atoms with E-state index in [-0.39, 0.29) is 63.6 Å². The van der Waals surface area contributed by atoms with Gasteiger partial charge in [0.25, 0.3) is 0 Å². The van der Waals surface area contributed by atoms with Crippen molar-refractivity contribution in [1.29, 1.82) is 0 Å². The highest BCUT2D eigenvalue weighted by molar-refractivity contribution is 5.98. The number of guanidine groups is 1. The van der Waals surface area contributed by atoms with Crippen molar-refractivity contribution in [3.05, 3.63) is 0 Å². The molecule has 0 aromatic rings. The fraction of sp³-hybridized carbons (Fsp3) is 0.738. The van der Waals surface area contributed by atoms with Crippen LogP contribution in [0.25, 0.3) is 0 Å². The molecule has 0 radical (unpaired) electrons. The van der Waals surface area contributed by atoms with E-state index in [4.69, 9.17) is 33.8 Å². The van der Waals surface area contributed by atoms with Crippen molar-refractivity contribution in [2.24, 2.45) is 45.5 Å². The van der Waals surface area contributed by atoms with Gasteiger partial charge in [-0.15, -0.1) is 0 Å². The summed E-state index contributed by atoms with van der Waals surface area (Å²) in [6.45, 7) is 8.83. The number of carbonyl (C=O) groups is 10. The van der Waals surface area contributed by atoms with Crippen LogP contribution in [0.1, 0.15) is 118 Å². The zero-order valence-electron chi connectivity index (χ0n) is 39.8. The summed E-state index contributed by atoms with van der Waals surface area (Å²) >= 11 is 0. The van der Waals surface area contributed by atoms with E-state index >= 15 is 0 Å². The molecule has 0 unspecified atom stereocenters. The molecule has 0 aromatic carbocycles. The van der Waals surface area contributed by atoms with Gasteiger partial charge in [-0.1, -0.05) is 34.1 Å². The lowest BCUT2D eigenvalue weighted by Gasteiger charge is -2.29. The Morgan fingerprint density at radius 3 is 1.31 bits per heavy atom. The van der Waals surface area contributed by atoms with Gasteiger partial charge < -0.3 is 81.2 Å². The van der Waals surface area contributed by atoms with Gasteiger partial charge in [-0.05, 0) is 96.1 Å². The zero-order chi connectivity index (χ0) is 52.1. The van der Waals surface area contributed by atoms with Gasteiger partial charge in [-0.3, -0.25) is 48.1 Å². The van der Waals surface area contributed by atoms with E-state index in [1.165, 1.54) is 6.92 Å². The van der Waals surface area contributed by atoms with E-state index in [9.17, 15) is 58.2 Å². The first-order valence-corrected chi connectivity index (χ1v) is 22.9. The second kappa shape index (κ2) is 33.3. The van der Waals surface area contributed by atoms with Crippen LogP contribution in [0.15, 0.2) is 4.99 Å². The summed E-state index contributed by atoms with van der Waals surface area (Å²) in [5.74, 6) is -11.3. The minimum atomic E-state index is -1.82. The minimum Gasteiger partial charge on any atom is -0.481 e. The molecular weight excluding hydrogens is 895 g/mol. The molecule has 0 aliphatic rings. The summed E-state index contributed by atoms with van der Waals surface area (Å²) < 4.78 is 0. The van der Waals surface area contributed by atoms with Gasteiger partial charge in [0.15, 0.2) is 5.96 Å². The average Bonchev–Trinajstić information content (AvgIpc) is 3.25. The summed E-state index contributed by atoms with van der Waals surface area (Å²) in [6.07, 6.45) is -0.120. The van der Waals surface area contributed by atoms with Crippen molar-refractivity contribution in [1.82, 2.24) is 37.2 Å². The quantitative estimate of drug-likeness (QED) is 0.0165. The smallest absolute Gasteiger partial charge is 0.326 e. The number of nitrogens with one attached hydrogen (secondary N) is 7. The van der Waals surface area contributed by atoms with Crippen molar-refractivity contribution in [2.45, 2.75) is 166 Å². The Bertz CT molecular complexity index is 1710. The van der Waals surface area contributed by atoms with Gasteiger partial charge in [0.05, 0.1) is 12.5 Å². The first-order chi connectivity index (χ1) is 31.9. The molecular formula is C42H77N13O13. The monoisotopic (exact) mass is 972 g/mol. The minimum absolute atomic E-state index is 0.00812. The third-order valence-corrected chi connectivity index (χ3v) is 10.6. The van der Waals surface area contributed by atoms with Crippen LogP contribution in [-0.2, 0) is 47.9 Å². The van der Waals surface area contributed by atoms with Crippen molar-refractivity contribution in [2.75, 3.05) is 19.6 Å². The SMILES string of the molecule is CC[C@H](C)[C@H](NC(=O)[C@H](C)N)C(=O)N[C@@H](CCC(=O)O)C(=O)N[C@@H](CCCCN)C(=O)N[C@@H](CCCN=C(N)N)C(=O)N[C@@H](CC(C)C)C(=O)N[C@@H](CCCCN)C(=O)N[C@@H](CC(=O)O)C(=O)O. The lowest BCUT2D eigenvalue weighted by Crippen LogP contribution is -2.60. The highest BCUT2D eigenvalue weighted by Gasteiger charge is 2.35. The van der Waals surface area contributed by atoms with Crippen LogP contribution in [0, 0.1) is 11.8 Å². The fourth-order valence-corrected chi connectivity index (χ4v) is 6.52. The van der Waals surface area contributed by atoms with E-state index in [0.717, 1.165) is 0 Å². The number of hydrogen-bond acceptors (Lipinski definition) is 14. The number of amides is 7. The number of hydrogen-bond donors (Lipinski definition) is 15. The van der Waals surface area contributed by atoms with E-state index in [0.29, 0.717) is 32.1 Å². The Kier molecular flexibility index (Phi) is 30.3. The lowest BCUT2D eigenvalue weighted by molar-refractivity contribution is -0.147. The molecule has 7 amide bonds. The molecule has 9 atom stereocenters. The van der Waals surface area contributed by atoms with Crippen LogP contribution in [-0.4, -0.2) is 149 Å². The van der Waals surface area contributed by atoms with Crippen LogP contribution >= 0.6 is 0 Å². The Hall–Kier alpha value is -6.15. The summed E-state index contributed by atoms with van der Waals surface area (Å²) in [7, 11) is 0. The number of rotatable bonds is 36. The molecule has 0 fully saturated rings. The number of carbonyl (C=O) groups excluding carboxylic acids is 7. The maximum Gasteiger partial charge on any atom is 0.326 e. The number of carboxylic acids is 3. The molecule has 68 heavy (non-hydrogen) atoms. The number of unbranched alkanes of at least 4 members (excludes halogenated alkanes) is 2. The molecule has 0 saturated heterocycles. The molecule has 0 aliphatic heterocycles. The Morgan fingerprint density at radius 2 is 0.926 bits per heavy atom. The summed E-state index contributed by atoms with van der Waals surface area (Å²) in [4.78, 5) is 134. The third-order valence-electron chi connectivity index (χ3n) is 10.6. The molecule has 26 nitrogen and oxygen atoms in total. The number of nitrogens with zero attached hydrogens (tertiary/aromatic N) is 1. The summed E-state index contributed by atoms with van der Waals surface area (Å²) in [6, 6.07) is -11.0. The van der Waals surface area contributed by atoms with Crippen LogP contribution < -0.4 is 65.9 Å². The largest absolute Gasteiger partial charge is 0.481 e. The van der Waals surface area contributed by atoms with Crippen LogP contribution in [0.5, 0.6) is 0 Å². The van der Waals surface area contributed by atoms with Crippen LogP contribution in [0.4, 0.5) is 0 Å². The molecule has 0 spiro atoms. The molecule has 0 rings (SSSR count). The molecule has 388 valence electrons. The maximum absolute atomic E-state index is 14.2. The average molecular weight is 972 g/mol. The molecule has 0 saturated carbocycles. The van der Waals surface area contributed by atoms with E-state index in [1.807, 2.05) is 0 Å². The lowest BCUT2D eigenvalue weighted by atomic mass is 9.97. The predicted octanol–water partition coefficient (Wildman–Crippen LogP) is -3.44. The number of aliphatic imine (C=N–C) groups is 1. The Balaban J connectivity index is 6.87. The normalized spacial score (nSPS) is 15.0. The van der Waals surface area contributed by atoms with E-state index in [1.54, 1.807) is 27.7 Å². The van der Waals surface area contributed by atoms with Gasteiger partial charge in [0, 0.05) is 13.0 Å². The molecule has 26 heteroatoms. The Labute approximate surface area is 396 Å². The Morgan fingerprint density at radius 1 is 0.515 bits per heavy atom.